The number of carbonyl (C=O) groups excluding carboxylic acids is 2. The number of cyclic esters (lactones) is 1. The second-order valence-electron chi connectivity index (χ2n) is 4.29. The van der Waals surface area contributed by atoms with Gasteiger partial charge in [0.1, 0.15) is 12.2 Å². The van der Waals surface area contributed by atoms with Gasteiger partial charge in [0.2, 0.25) is 0 Å². The average molecular weight is 240 g/mol. The van der Waals surface area contributed by atoms with Crippen LogP contribution >= 0.6 is 0 Å². The third-order valence-electron chi connectivity index (χ3n) is 2.41. The van der Waals surface area contributed by atoms with E-state index in [-0.39, 0.29) is 12.2 Å². The summed E-state index contributed by atoms with van der Waals surface area (Å²) in [5, 5.41) is 0. The van der Waals surface area contributed by atoms with Crippen LogP contribution in [-0.2, 0) is 14.3 Å². The number of hydrogen-bond acceptors (Lipinski definition) is 3. The van der Waals surface area contributed by atoms with E-state index in [4.69, 9.17) is 0 Å². The lowest BCUT2D eigenvalue weighted by Gasteiger charge is -2.06. The van der Waals surface area contributed by atoms with Gasteiger partial charge in [-0.2, -0.15) is 0 Å². The summed E-state index contributed by atoms with van der Waals surface area (Å²) in [4.78, 5) is 20.9. The van der Waals surface area contributed by atoms with Gasteiger partial charge in [0.05, 0.1) is 0 Å². The van der Waals surface area contributed by atoms with Crippen molar-refractivity contribution in [3.05, 3.63) is 11.8 Å². The number of rotatable bonds is 5. The van der Waals surface area contributed by atoms with Crippen molar-refractivity contribution >= 4 is 11.8 Å². The summed E-state index contributed by atoms with van der Waals surface area (Å²) < 4.78 is 4.56. The van der Waals surface area contributed by atoms with Crippen molar-refractivity contribution in [2.24, 2.45) is 0 Å². The van der Waals surface area contributed by atoms with Crippen LogP contribution in [0.4, 0.5) is 0 Å². The van der Waals surface area contributed by atoms with Crippen molar-refractivity contribution in [2.75, 3.05) is 0 Å². The monoisotopic (exact) mass is 240 g/mol. The van der Waals surface area contributed by atoms with Gasteiger partial charge in [0, 0.05) is 6.08 Å². The summed E-state index contributed by atoms with van der Waals surface area (Å²) in [5.74, 6) is -0.250. The molecule has 0 saturated carbocycles. The zero-order valence-corrected chi connectivity index (χ0v) is 11.3. The predicted octanol–water partition coefficient (Wildman–Crippen LogP) is 3.77. The maximum Gasteiger partial charge on any atom is 0.318 e. The second-order valence-corrected chi connectivity index (χ2v) is 4.29. The Morgan fingerprint density at radius 2 is 1.59 bits per heavy atom. The fraction of sp³-hybridized carbons (Fsp3) is 0.714. The number of carbonyl (C=O) groups is 2. The molecule has 98 valence electrons. The van der Waals surface area contributed by atoms with Gasteiger partial charge < -0.3 is 4.74 Å². The molecule has 1 aliphatic heterocycles. The van der Waals surface area contributed by atoms with E-state index < -0.39 is 5.97 Å². The minimum absolute atomic E-state index is 0.114. The summed E-state index contributed by atoms with van der Waals surface area (Å²) in [6.07, 6.45) is 9.70. The standard InChI is InChI=1S/C8H18.C6H6O3/c1-3-5-7-8-6-4-2;1-4-2-5(7)3-6(8)9-4/h3-8H2,1-2H3;2H,3H2,1H3. The van der Waals surface area contributed by atoms with Crippen molar-refractivity contribution in [1.29, 1.82) is 0 Å². The Labute approximate surface area is 104 Å². The van der Waals surface area contributed by atoms with Crippen molar-refractivity contribution < 1.29 is 14.3 Å². The molecule has 0 aromatic carbocycles. The Hall–Kier alpha value is -1.12. The van der Waals surface area contributed by atoms with Crippen molar-refractivity contribution in [2.45, 2.75) is 65.7 Å². The first kappa shape index (κ1) is 15.9. The van der Waals surface area contributed by atoms with E-state index in [0.717, 1.165) is 0 Å². The molecule has 1 rings (SSSR count). The van der Waals surface area contributed by atoms with Crippen LogP contribution in [0.3, 0.4) is 0 Å². The minimum atomic E-state index is -0.458. The van der Waals surface area contributed by atoms with E-state index in [0.29, 0.717) is 5.76 Å². The van der Waals surface area contributed by atoms with Crippen molar-refractivity contribution in [3.8, 4) is 0 Å². The van der Waals surface area contributed by atoms with E-state index in [1.54, 1.807) is 6.92 Å². The van der Waals surface area contributed by atoms with Gasteiger partial charge in [0.25, 0.3) is 0 Å². The third kappa shape index (κ3) is 9.79. The molecular formula is C14H24O3. The number of ether oxygens (including phenoxy) is 1. The Bertz CT molecular complexity index is 261. The first-order valence-corrected chi connectivity index (χ1v) is 6.52. The highest BCUT2D eigenvalue weighted by Crippen LogP contribution is 2.06. The fourth-order valence-corrected chi connectivity index (χ4v) is 1.52. The van der Waals surface area contributed by atoms with E-state index in [1.807, 2.05) is 0 Å². The van der Waals surface area contributed by atoms with Gasteiger partial charge in [-0.1, -0.05) is 52.4 Å². The van der Waals surface area contributed by atoms with Gasteiger partial charge in [-0.25, -0.2) is 0 Å². The molecule has 3 nitrogen and oxygen atoms in total. The van der Waals surface area contributed by atoms with E-state index in [1.165, 1.54) is 44.6 Å². The first-order chi connectivity index (χ1) is 8.10. The number of hydrogen-bond donors (Lipinski definition) is 0. The Balaban J connectivity index is 0.000000304. The van der Waals surface area contributed by atoms with Crippen LogP contribution in [0, 0.1) is 0 Å². The Morgan fingerprint density at radius 3 is 1.94 bits per heavy atom. The molecule has 0 unspecified atom stereocenters. The van der Waals surface area contributed by atoms with Crippen LogP contribution in [-0.4, -0.2) is 11.8 Å². The summed E-state index contributed by atoms with van der Waals surface area (Å²) in [7, 11) is 0. The number of esters is 1. The Morgan fingerprint density at radius 1 is 1.06 bits per heavy atom. The second kappa shape index (κ2) is 10.1. The van der Waals surface area contributed by atoms with E-state index >= 15 is 0 Å². The molecule has 0 aromatic heterocycles. The number of unbranched alkanes of at least 4 members (excludes halogenated alkanes) is 5. The first-order valence-electron chi connectivity index (χ1n) is 6.52. The predicted molar refractivity (Wildman–Crippen MR) is 68.5 cm³/mol. The topological polar surface area (TPSA) is 43.4 Å². The van der Waals surface area contributed by atoms with Crippen LogP contribution in [0.2, 0.25) is 0 Å². The zero-order valence-electron chi connectivity index (χ0n) is 11.3. The van der Waals surface area contributed by atoms with Crippen LogP contribution < -0.4 is 0 Å². The number of allylic oxidation sites excluding steroid dienone is 2. The molecule has 0 N–H and O–H groups in total. The average Bonchev–Trinajstić information content (AvgIpc) is 2.23. The fourth-order valence-electron chi connectivity index (χ4n) is 1.52. The lowest BCUT2D eigenvalue weighted by atomic mass is 10.1. The van der Waals surface area contributed by atoms with E-state index in [9.17, 15) is 9.59 Å². The molecule has 0 fully saturated rings. The molecule has 3 heteroatoms. The molecule has 0 aromatic rings. The summed E-state index contributed by atoms with van der Waals surface area (Å²) in [6.45, 7) is 6.09. The third-order valence-corrected chi connectivity index (χ3v) is 2.41. The zero-order chi connectivity index (χ0) is 13.1. The van der Waals surface area contributed by atoms with Crippen LogP contribution in [0.25, 0.3) is 0 Å². The molecule has 0 spiro atoms. The largest absolute Gasteiger partial charge is 0.431 e. The van der Waals surface area contributed by atoms with Crippen LogP contribution in [0.1, 0.15) is 65.7 Å². The van der Waals surface area contributed by atoms with Gasteiger partial charge in [-0.3, -0.25) is 9.59 Å². The lowest BCUT2D eigenvalue weighted by molar-refractivity contribution is -0.143. The summed E-state index contributed by atoms with van der Waals surface area (Å²) in [6, 6.07) is 0. The molecule has 0 saturated heterocycles. The van der Waals surface area contributed by atoms with Crippen molar-refractivity contribution in [3.63, 3.8) is 0 Å². The highest BCUT2D eigenvalue weighted by Gasteiger charge is 2.15. The molecule has 0 radical (unpaired) electrons. The maximum absolute atomic E-state index is 10.5. The van der Waals surface area contributed by atoms with Crippen LogP contribution in [0.15, 0.2) is 11.8 Å². The van der Waals surface area contributed by atoms with Gasteiger partial charge in [0.15, 0.2) is 5.78 Å². The SMILES string of the molecule is CC1=CC(=O)CC(=O)O1.CCCCCCCC. The molecule has 0 aliphatic carbocycles. The van der Waals surface area contributed by atoms with Gasteiger partial charge in [-0.15, -0.1) is 0 Å². The maximum atomic E-state index is 10.5. The molecule has 0 bridgehead atoms. The summed E-state index contributed by atoms with van der Waals surface area (Å²) >= 11 is 0. The highest BCUT2D eigenvalue weighted by molar-refractivity contribution is 6.04. The van der Waals surface area contributed by atoms with Gasteiger partial charge in [-0.05, 0) is 6.92 Å². The highest BCUT2D eigenvalue weighted by atomic mass is 16.5. The lowest BCUT2D eigenvalue weighted by Crippen LogP contribution is -2.14. The quantitative estimate of drug-likeness (QED) is 0.417. The minimum Gasteiger partial charge on any atom is -0.431 e. The smallest absolute Gasteiger partial charge is 0.318 e. The Kier molecular flexibility index (Phi) is 9.40. The normalized spacial score (nSPS) is 14.6. The molecule has 17 heavy (non-hydrogen) atoms. The van der Waals surface area contributed by atoms with Crippen LogP contribution in [0.5, 0.6) is 0 Å². The van der Waals surface area contributed by atoms with Crippen molar-refractivity contribution in [1.82, 2.24) is 0 Å². The molecule has 1 heterocycles. The molecule has 1 aliphatic rings. The molecule has 0 atom stereocenters. The molecular weight excluding hydrogens is 216 g/mol. The summed E-state index contributed by atoms with van der Waals surface area (Å²) in [5.41, 5.74) is 0. The van der Waals surface area contributed by atoms with E-state index in [2.05, 4.69) is 18.6 Å². The number of ketones is 1. The molecule has 0 amide bonds. The van der Waals surface area contributed by atoms with Gasteiger partial charge >= 0.3 is 5.97 Å².